The minimum absolute atomic E-state index is 0.0799. The molecule has 0 aliphatic carbocycles. The Labute approximate surface area is 121 Å². The molecule has 110 valence electrons. The third-order valence-corrected chi connectivity index (χ3v) is 2.53. The van der Waals surface area contributed by atoms with Gasteiger partial charge in [-0.3, -0.25) is 0 Å². The molecule has 0 bridgehead atoms. The minimum atomic E-state index is -4.53. The number of nitrogens with one attached hydrogen (secondary N) is 1. The molecule has 0 saturated heterocycles. The van der Waals surface area contributed by atoms with Crippen molar-refractivity contribution in [3.63, 3.8) is 0 Å². The van der Waals surface area contributed by atoms with Gasteiger partial charge in [-0.15, -0.1) is 0 Å². The second kappa shape index (κ2) is 7.29. The van der Waals surface area contributed by atoms with Crippen LogP contribution in [0.2, 0.25) is 0 Å². The predicted octanol–water partition coefficient (Wildman–Crippen LogP) is 4.01. The molecule has 6 heteroatoms. The Kier molecular flexibility index (Phi) is 5.73. The molecule has 0 spiro atoms. The van der Waals surface area contributed by atoms with Gasteiger partial charge in [0.2, 0.25) is 0 Å². The first kappa shape index (κ1) is 16.5. The molecular weight excluding hydrogens is 279 g/mol. The van der Waals surface area contributed by atoms with Crippen LogP contribution in [0.1, 0.15) is 16.7 Å². The third kappa shape index (κ3) is 5.15. The molecule has 0 saturated carbocycles. The van der Waals surface area contributed by atoms with Gasteiger partial charge in [0.1, 0.15) is 11.9 Å². The fourth-order valence-electron chi connectivity index (χ4n) is 1.45. The summed E-state index contributed by atoms with van der Waals surface area (Å²) in [6.07, 6.45) is -3.63. The van der Waals surface area contributed by atoms with Crippen LogP contribution < -0.4 is 5.32 Å². The van der Waals surface area contributed by atoms with Crippen molar-refractivity contribution < 1.29 is 13.2 Å². The number of halogens is 3. The van der Waals surface area contributed by atoms with Gasteiger partial charge in [-0.25, -0.2) is 4.98 Å². The maximum atomic E-state index is 12.3. The maximum absolute atomic E-state index is 12.3. The van der Waals surface area contributed by atoms with Gasteiger partial charge in [-0.05, 0) is 13.0 Å². The van der Waals surface area contributed by atoms with E-state index in [1.165, 1.54) is 18.7 Å². The number of alkyl halides is 3. The van der Waals surface area contributed by atoms with Crippen LogP contribution in [0, 0.1) is 18.3 Å². The average molecular weight is 293 g/mol. The topological polar surface area (TPSA) is 48.7 Å². The van der Waals surface area contributed by atoms with Crippen molar-refractivity contribution in [1.82, 2.24) is 4.98 Å². The van der Waals surface area contributed by atoms with Crippen LogP contribution in [0.15, 0.2) is 42.6 Å². The van der Waals surface area contributed by atoms with Crippen molar-refractivity contribution in [3.8, 4) is 6.07 Å². The quantitative estimate of drug-likeness (QED) is 0.864. The van der Waals surface area contributed by atoms with Gasteiger partial charge >= 0.3 is 6.18 Å². The molecule has 2 aromatic rings. The number of nitriles is 1. The number of aromatic nitrogens is 1. The first-order chi connectivity index (χ1) is 9.88. The van der Waals surface area contributed by atoms with E-state index in [0.717, 1.165) is 12.3 Å². The summed E-state index contributed by atoms with van der Waals surface area (Å²) in [5.74, 6) is 0.0799. The first-order valence-corrected chi connectivity index (χ1v) is 6.05. The van der Waals surface area contributed by atoms with Gasteiger partial charge in [0.15, 0.2) is 0 Å². The monoisotopic (exact) mass is 293 g/mol. The van der Waals surface area contributed by atoms with Crippen molar-refractivity contribution in [2.24, 2.45) is 0 Å². The number of hydrogen-bond donors (Lipinski definition) is 1. The fourth-order valence-corrected chi connectivity index (χ4v) is 1.45. The van der Waals surface area contributed by atoms with E-state index in [1.54, 1.807) is 0 Å². The van der Waals surface area contributed by atoms with Crippen molar-refractivity contribution in [2.45, 2.75) is 13.1 Å². The molecule has 0 amide bonds. The molecule has 0 fully saturated rings. The smallest absolute Gasteiger partial charge is 0.373 e. The van der Waals surface area contributed by atoms with Gasteiger partial charge < -0.3 is 5.32 Å². The highest BCUT2D eigenvalue weighted by Gasteiger charge is 2.34. The summed E-state index contributed by atoms with van der Waals surface area (Å²) in [5, 5.41) is 10.9. The van der Waals surface area contributed by atoms with Crippen LogP contribution >= 0.6 is 0 Å². The van der Waals surface area contributed by atoms with E-state index in [0.29, 0.717) is 0 Å². The van der Waals surface area contributed by atoms with E-state index in [4.69, 9.17) is 5.26 Å². The van der Waals surface area contributed by atoms with E-state index in [-0.39, 0.29) is 5.82 Å². The van der Waals surface area contributed by atoms with E-state index in [1.807, 2.05) is 18.2 Å². The molecule has 0 unspecified atom stereocenters. The van der Waals surface area contributed by atoms with Gasteiger partial charge in [-0.1, -0.05) is 35.9 Å². The van der Waals surface area contributed by atoms with Gasteiger partial charge in [0.25, 0.3) is 0 Å². The Bertz CT molecular complexity index is 616. The van der Waals surface area contributed by atoms with Gasteiger partial charge in [0, 0.05) is 13.2 Å². The fraction of sp³-hybridized carbons (Fsp3) is 0.200. The zero-order valence-corrected chi connectivity index (χ0v) is 11.6. The number of nitrogens with zero attached hydrogens (tertiary/aromatic N) is 2. The van der Waals surface area contributed by atoms with Crippen LogP contribution in [-0.2, 0) is 6.18 Å². The number of aryl methyl sites for hydroxylation is 1. The highest BCUT2D eigenvalue weighted by molar-refractivity contribution is 5.46. The highest BCUT2D eigenvalue weighted by Crippen LogP contribution is 2.32. The lowest BCUT2D eigenvalue weighted by Gasteiger charge is -2.09. The molecule has 0 atom stereocenters. The SMILES string of the molecule is CNc1cc(C(F)(F)F)c(C#N)cn1.Cc1ccccc1. The summed E-state index contributed by atoms with van der Waals surface area (Å²) in [6, 6.07) is 12.5. The second-order valence-corrected chi connectivity index (χ2v) is 4.13. The Morgan fingerprint density at radius 3 is 2.19 bits per heavy atom. The maximum Gasteiger partial charge on any atom is 0.417 e. The van der Waals surface area contributed by atoms with E-state index in [9.17, 15) is 13.2 Å². The number of pyridine rings is 1. The zero-order valence-electron chi connectivity index (χ0n) is 11.6. The van der Waals surface area contributed by atoms with Gasteiger partial charge in [-0.2, -0.15) is 18.4 Å². The molecule has 1 N–H and O–H groups in total. The summed E-state index contributed by atoms with van der Waals surface area (Å²) < 4.78 is 37.0. The lowest BCUT2D eigenvalue weighted by molar-refractivity contribution is -0.137. The number of rotatable bonds is 1. The Balaban J connectivity index is 0.000000262. The largest absolute Gasteiger partial charge is 0.417 e. The van der Waals surface area contributed by atoms with Gasteiger partial charge in [0.05, 0.1) is 11.1 Å². The summed E-state index contributed by atoms with van der Waals surface area (Å²) in [7, 11) is 1.45. The molecule has 1 heterocycles. The minimum Gasteiger partial charge on any atom is -0.373 e. The van der Waals surface area contributed by atoms with Crippen molar-refractivity contribution in [3.05, 3.63) is 59.3 Å². The molecule has 0 aliphatic heterocycles. The molecule has 0 aliphatic rings. The predicted molar refractivity (Wildman–Crippen MR) is 74.7 cm³/mol. The van der Waals surface area contributed by atoms with E-state index < -0.39 is 17.3 Å². The van der Waals surface area contributed by atoms with Crippen LogP contribution in [0.25, 0.3) is 0 Å². The lowest BCUT2D eigenvalue weighted by atomic mass is 10.1. The van der Waals surface area contributed by atoms with Crippen LogP contribution in [0.5, 0.6) is 0 Å². The molecule has 21 heavy (non-hydrogen) atoms. The Morgan fingerprint density at radius 2 is 1.81 bits per heavy atom. The first-order valence-electron chi connectivity index (χ1n) is 6.05. The average Bonchev–Trinajstić information content (AvgIpc) is 2.47. The zero-order chi connectivity index (χ0) is 15.9. The Hall–Kier alpha value is -2.55. The summed E-state index contributed by atoms with van der Waals surface area (Å²) >= 11 is 0. The van der Waals surface area contributed by atoms with Crippen molar-refractivity contribution in [1.29, 1.82) is 5.26 Å². The standard InChI is InChI=1S/C8H6F3N3.C7H8/c1-13-7-2-6(8(9,10)11)5(3-12)4-14-7;1-7-5-3-2-4-6-7/h2,4H,1H3,(H,13,14);2-6H,1H3. The third-order valence-electron chi connectivity index (χ3n) is 2.53. The lowest BCUT2D eigenvalue weighted by Crippen LogP contribution is -2.09. The summed E-state index contributed by atoms with van der Waals surface area (Å²) in [4.78, 5) is 3.61. The number of hydrogen-bond acceptors (Lipinski definition) is 3. The highest BCUT2D eigenvalue weighted by atomic mass is 19.4. The molecule has 1 aromatic heterocycles. The normalized spacial score (nSPS) is 10.1. The van der Waals surface area contributed by atoms with Crippen molar-refractivity contribution in [2.75, 3.05) is 12.4 Å². The molecule has 1 aromatic carbocycles. The molecule has 0 radical (unpaired) electrons. The molecule has 3 nitrogen and oxygen atoms in total. The van der Waals surface area contributed by atoms with E-state index >= 15 is 0 Å². The Morgan fingerprint density at radius 1 is 1.19 bits per heavy atom. The van der Waals surface area contributed by atoms with Crippen LogP contribution in [-0.4, -0.2) is 12.0 Å². The summed E-state index contributed by atoms with van der Waals surface area (Å²) in [6.45, 7) is 2.08. The molecule has 2 rings (SSSR count). The summed E-state index contributed by atoms with van der Waals surface area (Å²) in [5.41, 5.74) is -0.127. The molecular formula is C15H14F3N3. The second-order valence-electron chi connectivity index (χ2n) is 4.13. The number of benzene rings is 1. The number of anilines is 1. The van der Waals surface area contributed by atoms with E-state index in [2.05, 4.69) is 29.4 Å². The van der Waals surface area contributed by atoms with Crippen LogP contribution in [0.4, 0.5) is 19.0 Å². The van der Waals surface area contributed by atoms with Crippen LogP contribution in [0.3, 0.4) is 0 Å². The van der Waals surface area contributed by atoms with Crippen molar-refractivity contribution >= 4 is 5.82 Å².